The zero-order valence-corrected chi connectivity index (χ0v) is 19.3. The molecule has 0 saturated carbocycles. The number of rotatable bonds is 4. The number of hydrogen-bond acceptors (Lipinski definition) is 3. The highest BCUT2D eigenvalue weighted by Gasteiger charge is 2.25. The van der Waals surface area contributed by atoms with E-state index in [1.807, 2.05) is 70.1 Å². The highest BCUT2D eigenvalue weighted by atomic mass is 19.1. The molecule has 1 aliphatic heterocycles. The molecule has 7 heteroatoms. The summed E-state index contributed by atoms with van der Waals surface area (Å²) < 4.78 is 16.4. The zero-order chi connectivity index (χ0) is 23.8. The summed E-state index contributed by atoms with van der Waals surface area (Å²) in [5.41, 5.74) is 4.04. The first-order valence-electron chi connectivity index (χ1n) is 12.0. The molecule has 176 valence electrons. The van der Waals surface area contributed by atoms with Crippen molar-refractivity contribution < 1.29 is 9.18 Å². The predicted octanol–water partition coefficient (Wildman–Crippen LogP) is 5.06. The highest BCUT2D eigenvalue weighted by Crippen LogP contribution is 2.25. The highest BCUT2D eigenvalue weighted by molar-refractivity contribution is 5.99. The van der Waals surface area contributed by atoms with E-state index in [0.29, 0.717) is 37.4 Å². The Labute approximate surface area is 202 Å². The van der Waals surface area contributed by atoms with Crippen molar-refractivity contribution in [1.82, 2.24) is 19.4 Å². The minimum atomic E-state index is -0.264. The molecule has 2 aromatic heterocycles. The number of aromatic nitrogens is 3. The Bertz CT molecular complexity index is 1490. The summed E-state index contributed by atoms with van der Waals surface area (Å²) in [7, 11) is 0. The van der Waals surface area contributed by atoms with Gasteiger partial charge in [0.1, 0.15) is 11.5 Å². The number of benzene rings is 3. The molecular formula is C28H26FN5O. The lowest BCUT2D eigenvalue weighted by Gasteiger charge is -2.22. The molecule has 6 nitrogen and oxygen atoms in total. The number of aromatic amines is 1. The van der Waals surface area contributed by atoms with E-state index in [9.17, 15) is 9.18 Å². The van der Waals surface area contributed by atoms with Gasteiger partial charge < -0.3 is 19.4 Å². The number of nitrogens with one attached hydrogen (secondary N) is 1. The van der Waals surface area contributed by atoms with E-state index in [1.54, 1.807) is 12.1 Å². The van der Waals surface area contributed by atoms with Crippen LogP contribution in [0.5, 0.6) is 0 Å². The number of amides is 1. The van der Waals surface area contributed by atoms with Crippen LogP contribution < -0.4 is 4.90 Å². The molecular weight excluding hydrogens is 441 g/mol. The van der Waals surface area contributed by atoms with Crippen LogP contribution in [-0.2, 0) is 6.54 Å². The lowest BCUT2D eigenvalue weighted by Crippen LogP contribution is -2.36. The molecule has 5 aromatic rings. The first-order chi connectivity index (χ1) is 17.2. The third-order valence-corrected chi connectivity index (χ3v) is 6.78. The van der Waals surface area contributed by atoms with Gasteiger partial charge in [0.15, 0.2) is 0 Å². The van der Waals surface area contributed by atoms with Gasteiger partial charge in [-0.25, -0.2) is 9.37 Å². The molecule has 0 radical (unpaired) electrons. The van der Waals surface area contributed by atoms with Gasteiger partial charge in [-0.3, -0.25) is 4.79 Å². The fraction of sp³-hybridized carbons (Fsp3) is 0.214. The summed E-state index contributed by atoms with van der Waals surface area (Å²) in [6.45, 7) is 3.08. The number of halogens is 1. The normalized spacial score (nSPS) is 14.5. The zero-order valence-electron chi connectivity index (χ0n) is 19.3. The number of carbonyl (C=O) groups excluding carboxylic acids is 1. The monoisotopic (exact) mass is 467 g/mol. The molecule has 1 saturated heterocycles. The van der Waals surface area contributed by atoms with Crippen LogP contribution in [0.15, 0.2) is 78.9 Å². The molecule has 6 rings (SSSR count). The van der Waals surface area contributed by atoms with Crippen LogP contribution in [0.25, 0.3) is 21.9 Å². The number of hydrogen-bond donors (Lipinski definition) is 1. The van der Waals surface area contributed by atoms with Crippen molar-refractivity contribution in [3.05, 3.63) is 95.9 Å². The van der Waals surface area contributed by atoms with Crippen molar-refractivity contribution in [3.63, 3.8) is 0 Å². The van der Waals surface area contributed by atoms with Gasteiger partial charge in [-0.2, -0.15) is 0 Å². The lowest BCUT2D eigenvalue weighted by molar-refractivity contribution is 0.0757. The average Bonchev–Trinajstić information content (AvgIpc) is 3.38. The van der Waals surface area contributed by atoms with E-state index < -0.39 is 0 Å². The molecule has 1 fully saturated rings. The van der Waals surface area contributed by atoms with Crippen LogP contribution in [0.2, 0.25) is 0 Å². The van der Waals surface area contributed by atoms with Gasteiger partial charge >= 0.3 is 0 Å². The molecule has 0 spiro atoms. The summed E-state index contributed by atoms with van der Waals surface area (Å²) in [6, 6.07) is 24.6. The van der Waals surface area contributed by atoms with E-state index in [-0.39, 0.29) is 11.7 Å². The maximum Gasteiger partial charge on any atom is 0.270 e. The number of carbonyl (C=O) groups is 1. The Morgan fingerprint density at radius 1 is 0.914 bits per heavy atom. The first-order valence-corrected chi connectivity index (χ1v) is 12.0. The topological polar surface area (TPSA) is 57.2 Å². The second-order valence-corrected chi connectivity index (χ2v) is 8.98. The minimum Gasteiger partial charge on any atom is -0.341 e. The molecule has 0 bridgehead atoms. The van der Waals surface area contributed by atoms with E-state index in [0.717, 1.165) is 40.9 Å². The molecule has 1 amide bonds. The Morgan fingerprint density at radius 2 is 1.71 bits per heavy atom. The van der Waals surface area contributed by atoms with Crippen molar-refractivity contribution >= 4 is 33.8 Å². The second-order valence-electron chi connectivity index (χ2n) is 8.98. The third-order valence-electron chi connectivity index (χ3n) is 6.78. The maximum atomic E-state index is 14.5. The minimum absolute atomic E-state index is 0.0241. The molecule has 3 heterocycles. The molecule has 1 aliphatic rings. The molecule has 0 aliphatic carbocycles. The number of nitrogens with zero attached hydrogens (tertiary/aromatic N) is 4. The van der Waals surface area contributed by atoms with Gasteiger partial charge in [0.2, 0.25) is 5.95 Å². The van der Waals surface area contributed by atoms with Crippen LogP contribution in [0.4, 0.5) is 10.3 Å². The third kappa shape index (κ3) is 4.03. The average molecular weight is 468 g/mol. The van der Waals surface area contributed by atoms with E-state index in [2.05, 4.69) is 9.88 Å². The number of imidazole rings is 1. The Balaban J connectivity index is 1.27. The van der Waals surface area contributed by atoms with Gasteiger partial charge in [-0.1, -0.05) is 48.5 Å². The fourth-order valence-electron chi connectivity index (χ4n) is 4.94. The predicted molar refractivity (Wildman–Crippen MR) is 136 cm³/mol. The molecule has 35 heavy (non-hydrogen) atoms. The summed E-state index contributed by atoms with van der Waals surface area (Å²) in [6.07, 6.45) is 0.844. The van der Waals surface area contributed by atoms with Gasteiger partial charge in [0, 0.05) is 42.6 Å². The molecule has 0 unspecified atom stereocenters. The first kappa shape index (κ1) is 21.4. The van der Waals surface area contributed by atoms with Crippen LogP contribution >= 0.6 is 0 Å². The standard InChI is InChI=1S/C28H26FN5O/c29-22-10-3-1-9-21(22)19-34-25-13-6-2-8-20(25)18-26(34)27(35)32-14-7-15-33(17-16-32)28-30-23-11-4-5-12-24(23)31-28/h1-6,8-13,18H,7,14-17,19H2,(H,30,31). The smallest absolute Gasteiger partial charge is 0.270 e. The van der Waals surface area contributed by atoms with Gasteiger partial charge in [0.25, 0.3) is 5.91 Å². The van der Waals surface area contributed by atoms with E-state index >= 15 is 0 Å². The number of H-pyrrole nitrogens is 1. The van der Waals surface area contributed by atoms with Crippen LogP contribution in [0, 0.1) is 5.82 Å². The maximum absolute atomic E-state index is 14.5. The van der Waals surface area contributed by atoms with Crippen LogP contribution in [0.3, 0.4) is 0 Å². The van der Waals surface area contributed by atoms with Crippen molar-refractivity contribution in [2.24, 2.45) is 0 Å². The Hall–Kier alpha value is -4.13. The van der Waals surface area contributed by atoms with Crippen molar-refractivity contribution in [3.8, 4) is 0 Å². The van der Waals surface area contributed by atoms with Crippen molar-refractivity contribution in [1.29, 1.82) is 0 Å². The van der Waals surface area contributed by atoms with Gasteiger partial charge in [-0.15, -0.1) is 0 Å². The van der Waals surface area contributed by atoms with Gasteiger partial charge in [-0.05, 0) is 36.8 Å². The number of fused-ring (bicyclic) bond motifs is 2. The largest absolute Gasteiger partial charge is 0.341 e. The van der Waals surface area contributed by atoms with Crippen molar-refractivity contribution in [2.75, 3.05) is 31.1 Å². The van der Waals surface area contributed by atoms with Crippen LogP contribution in [-0.4, -0.2) is 51.5 Å². The van der Waals surface area contributed by atoms with Gasteiger partial charge in [0.05, 0.1) is 17.6 Å². The quantitative estimate of drug-likeness (QED) is 0.402. The Kier molecular flexibility index (Phi) is 5.45. The summed E-state index contributed by atoms with van der Waals surface area (Å²) in [4.78, 5) is 26.0. The van der Waals surface area contributed by atoms with Crippen molar-refractivity contribution in [2.45, 2.75) is 13.0 Å². The summed E-state index contributed by atoms with van der Waals surface area (Å²) in [5.74, 6) is 0.554. The SMILES string of the molecule is O=C(c1cc2ccccc2n1Cc1ccccc1F)N1CCCN(c2nc3ccccc3[nH]2)CC1. The van der Waals surface area contributed by atoms with E-state index in [1.165, 1.54) is 6.07 Å². The Morgan fingerprint density at radius 3 is 2.60 bits per heavy atom. The second kappa shape index (κ2) is 8.91. The number of para-hydroxylation sites is 3. The molecule has 1 N–H and O–H groups in total. The van der Waals surface area contributed by atoms with Crippen LogP contribution in [0.1, 0.15) is 22.5 Å². The lowest BCUT2D eigenvalue weighted by atomic mass is 10.2. The summed E-state index contributed by atoms with van der Waals surface area (Å²) in [5, 5.41) is 0.978. The number of anilines is 1. The molecule has 0 atom stereocenters. The fourth-order valence-corrected chi connectivity index (χ4v) is 4.94. The summed E-state index contributed by atoms with van der Waals surface area (Å²) >= 11 is 0. The molecule has 3 aromatic carbocycles. The van der Waals surface area contributed by atoms with E-state index in [4.69, 9.17) is 4.98 Å².